The van der Waals surface area contributed by atoms with Crippen LogP contribution in [0, 0.1) is 6.92 Å². The summed E-state index contributed by atoms with van der Waals surface area (Å²) in [6.07, 6.45) is 0. The minimum atomic E-state index is -0.223. The predicted molar refractivity (Wildman–Crippen MR) is 84.1 cm³/mol. The van der Waals surface area contributed by atoms with E-state index in [4.69, 9.17) is 4.52 Å². The minimum Gasteiger partial charge on any atom is -0.360 e. The average molecular weight is 332 g/mol. The van der Waals surface area contributed by atoms with Crippen LogP contribution in [0.5, 0.6) is 0 Å². The SMILES string of the molecule is Cc1cc(NC(=O)CN(C)CC(=O)N2CCNCC2)no1.Cl. The highest BCUT2D eigenvalue weighted by Gasteiger charge is 2.18. The molecule has 2 rings (SSSR count). The number of likely N-dealkylation sites (N-methyl/N-ethyl adjacent to an activating group) is 1. The number of hydrogen-bond acceptors (Lipinski definition) is 6. The van der Waals surface area contributed by atoms with Gasteiger partial charge in [0.2, 0.25) is 11.8 Å². The lowest BCUT2D eigenvalue weighted by Crippen LogP contribution is -2.49. The lowest BCUT2D eigenvalue weighted by atomic mass is 10.3. The predicted octanol–water partition coefficient (Wildman–Crippen LogP) is -0.293. The number of anilines is 1. The highest BCUT2D eigenvalue weighted by Crippen LogP contribution is 2.06. The number of carbonyl (C=O) groups excluding carboxylic acids is 2. The van der Waals surface area contributed by atoms with Crippen molar-refractivity contribution in [1.29, 1.82) is 0 Å². The molecule has 8 nitrogen and oxygen atoms in total. The molecule has 0 bridgehead atoms. The van der Waals surface area contributed by atoms with Gasteiger partial charge in [0.25, 0.3) is 0 Å². The Kier molecular flexibility index (Phi) is 7.30. The summed E-state index contributed by atoms with van der Waals surface area (Å²) in [5, 5.41) is 9.51. The highest BCUT2D eigenvalue weighted by atomic mass is 35.5. The van der Waals surface area contributed by atoms with Gasteiger partial charge >= 0.3 is 0 Å². The van der Waals surface area contributed by atoms with Crippen molar-refractivity contribution in [2.75, 3.05) is 51.6 Å². The molecule has 0 radical (unpaired) electrons. The van der Waals surface area contributed by atoms with E-state index in [1.165, 1.54) is 0 Å². The molecule has 2 heterocycles. The van der Waals surface area contributed by atoms with Crippen molar-refractivity contribution in [3.63, 3.8) is 0 Å². The zero-order valence-electron chi connectivity index (χ0n) is 12.8. The van der Waals surface area contributed by atoms with Gasteiger partial charge in [0.1, 0.15) is 5.76 Å². The molecular formula is C13H22ClN5O3. The fraction of sp³-hybridized carbons (Fsp3) is 0.615. The topological polar surface area (TPSA) is 90.7 Å². The normalized spacial score (nSPS) is 14.6. The van der Waals surface area contributed by atoms with Crippen LogP contribution < -0.4 is 10.6 Å². The smallest absolute Gasteiger partial charge is 0.239 e. The second kappa shape index (κ2) is 8.72. The van der Waals surface area contributed by atoms with Crippen LogP contribution in [0.15, 0.2) is 10.6 Å². The summed E-state index contributed by atoms with van der Waals surface area (Å²) in [4.78, 5) is 27.4. The molecular weight excluding hydrogens is 310 g/mol. The summed E-state index contributed by atoms with van der Waals surface area (Å²) in [5.41, 5.74) is 0. The number of halogens is 1. The van der Waals surface area contributed by atoms with Crippen molar-refractivity contribution in [2.45, 2.75) is 6.92 Å². The molecule has 1 aliphatic heterocycles. The van der Waals surface area contributed by atoms with Gasteiger partial charge in [0.15, 0.2) is 5.82 Å². The molecule has 0 aliphatic carbocycles. The van der Waals surface area contributed by atoms with E-state index in [2.05, 4.69) is 15.8 Å². The van der Waals surface area contributed by atoms with Crippen molar-refractivity contribution in [1.82, 2.24) is 20.3 Å². The Balaban J connectivity index is 0.00000242. The Morgan fingerprint density at radius 1 is 1.41 bits per heavy atom. The van der Waals surface area contributed by atoms with Crippen LogP contribution in [0.25, 0.3) is 0 Å². The zero-order valence-corrected chi connectivity index (χ0v) is 13.6. The van der Waals surface area contributed by atoms with Crippen LogP contribution in [0.4, 0.5) is 5.82 Å². The van der Waals surface area contributed by atoms with Crippen LogP contribution in [-0.2, 0) is 9.59 Å². The van der Waals surface area contributed by atoms with Gasteiger partial charge in [-0.15, -0.1) is 12.4 Å². The first-order chi connectivity index (χ1) is 10.0. The standard InChI is InChI=1S/C13H21N5O3.ClH/c1-10-7-11(16-21-10)15-12(19)8-17(2)9-13(20)18-5-3-14-4-6-18;/h7,14H,3-6,8-9H2,1-2H3,(H,15,16,19);1H. The number of piperazine rings is 1. The number of nitrogens with one attached hydrogen (secondary N) is 2. The van der Waals surface area contributed by atoms with Crippen LogP contribution in [0.2, 0.25) is 0 Å². The first-order valence-electron chi connectivity index (χ1n) is 6.95. The third kappa shape index (κ3) is 5.63. The molecule has 2 amide bonds. The van der Waals surface area contributed by atoms with E-state index in [9.17, 15) is 9.59 Å². The van der Waals surface area contributed by atoms with Gasteiger partial charge in [-0.3, -0.25) is 14.5 Å². The van der Waals surface area contributed by atoms with E-state index < -0.39 is 0 Å². The first-order valence-corrected chi connectivity index (χ1v) is 6.95. The molecule has 1 saturated heterocycles. The van der Waals surface area contributed by atoms with E-state index in [0.29, 0.717) is 11.6 Å². The van der Waals surface area contributed by atoms with Crippen LogP contribution >= 0.6 is 12.4 Å². The molecule has 0 aromatic carbocycles. The molecule has 9 heteroatoms. The molecule has 1 aromatic rings. The van der Waals surface area contributed by atoms with Crippen molar-refractivity contribution < 1.29 is 14.1 Å². The van der Waals surface area contributed by atoms with Crippen molar-refractivity contribution in [2.24, 2.45) is 0 Å². The highest BCUT2D eigenvalue weighted by molar-refractivity contribution is 5.91. The summed E-state index contributed by atoms with van der Waals surface area (Å²) < 4.78 is 4.87. The quantitative estimate of drug-likeness (QED) is 0.770. The van der Waals surface area contributed by atoms with Gasteiger partial charge in [-0.05, 0) is 14.0 Å². The molecule has 124 valence electrons. The van der Waals surface area contributed by atoms with Crippen LogP contribution in [-0.4, -0.2) is 73.1 Å². The van der Waals surface area contributed by atoms with Gasteiger partial charge in [-0.2, -0.15) is 0 Å². The van der Waals surface area contributed by atoms with E-state index in [1.807, 2.05) is 4.90 Å². The number of carbonyl (C=O) groups is 2. The molecule has 1 aliphatic rings. The largest absolute Gasteiger partial charge is 0.360 e. The number of nitrogens with zero attached hydrogens (tertiary/aromatic N) is 3. The zero-order chi connectivity index (χ0) is 15.2. The minimum absolute atomic E-state index is 0. The maximum absolute atomic E-state index is 12.0. The van der Waals surface area contributed by atoms with Gasteiger partial charge < -0.3 is 20.1 Å². The number of amides is 2. The molecule has 0 spiro atoms. The van der Waals surface area contributed by atoms with Crippen molar-refractivity contribution in [3.05, 3.63) is 11.8 Å². The van der Waals surface area contributed by atoms with E-state index >= 15 is 0 Å². The molecule has 1 fully saturated rings. The first kappa shape index (κ1) is 18.4. The fourth-order valence-corrected chi connectivity index (χ4v) is 2.15. The monoisotopic (exact) mass is 331 g/mol. The number of hydrogen-bond donors (Lipinski definition) is 2. The summed E-state index contributed by atoms with van der Waals surface area (Å²) >= 11 is 0. The Labute approximate surface area is 135 Å². The second-order valence-electron chi connectivity index (χ2n) is 5.17. The molecule has 2 N–H and O–H groups in total. The Morgan fingerprint density at radius 3 is 2.68 bits per heavy atom. The lowest BCUT2D eigenvalue weighted by Gasteiger charge is -2.29. The molecule has 1 aromatic heterocycles. The van der Waals surface area contributed by atoms with Crippen LogP contribution in [0.1, 0.15) is 5.76 Å². The Bertz CT molecular complexity index is 502. The lowest BCUT2D eigenvalue weighted by molar-refractivity contribution is -0.133. The molecule has 0 saturated carbocycles. The second-order valence-corrected chi connectivity index (χ2v) is 5.17. The molecule has 0 unspecified atom stereocenters. The van der Waals surface area contributed by atoms with Crippen molar-refractivity contribution in [3.8, 4) is 0 Å². The number of aromatic nitrogens is 1. The van der Waals surface area contributed by atoms with E-state index in [-0.39, 0.29) is 37.3 Å². The van der Waals surface area contributed by atoms with Gasteiger partial charge in [0.05, 0.1) is 13.1 Å². The molecule has 22 heavy (non-hydrogen) atoms. The van der Waals surface area contributed by atoms with Gasteiger partial charge in [-0.25, -0.2) is 0 Å². The Hall–Kier alpha value is -1.64. The Morgan fingerprint density at radius 2 is 2.09 bits per heavy atom. The summed E-state index contributed by atoms with van der Waals surface area (Å²) in [7, 11) is 1.74. The number of aryl methyl sites for hydroxylation is 1. The van der Waals surface area contributed by atoms with Crippen LogP contribution in [0.3, 0.4) is 0 Å². The van der Waals surface area contributed by atoms with Gasteiger partial charge in [-0.1, -0.05) is 5.16 Å². The summed E-state index contributed by atoms with van der Waals surface area (Å²) in [5.74, 6) is 0.842. The summed E-state index contributed by atoms with van der Waals surface area (Å²) in [6.45, 7) is 5.19. The average Bonchev–Trinajstić information content (AvgIpc) is 2.84. The number of rotatable bonds is 5. The maximum Gasteiger partial charge on any atom is 0.239 e. The third-order valence-electron chi connectivity index (χ3n) is 3.18. The molecule has 0 atom stereocenters. The fourth-order valence-electron chi connectivity index (χ4n) is 2.15. The van der Waals surface area contributed by atoms with Crippen molar-refractivity contribution >= 4 is 30.0 Å². The van der Waals surface area contributed by atoms with E-state index in [0.717, 1.165) is 26.2 Å². The van der Waals surface area contributed by atoms with E-state index in [1.54, 1.807) is 24.9 Å². The summed E-state index contributed by atoms with van der Waals surface area (Å²) in [6, 6.07) is 1.64. The maximum atomic E-state index is 12.0. The van der Waals surface area contributed by atoms with Gasteiger partial charge in [0, 0.05) is 32.2 Å². The third-order valence-corrected chi connectivity index (χ3v) is 3.18.